The van der Waals surface area contributed by atoms with Gasteiger partial charge < -0.3 is 9.80 Å². The molecule has 0 saturated carbocycles. The van der Waals surface area contributed by atoms with Crippen molar-refractivity contribution in [3.63, 3.8) is 0 Å². The maximum Gasteiger partial charge on any atom is 0.238 e. The van der Waals surface area contributed by atoms with Gasteiger partial charge in [0, 0.05) is 13.1 Å². The zero-order valence-electron chi connectivity index (χ0n) is 12.9. The first-order chi connectivity index (χ1) is 9.52. The lowest BCUT2D eigenvalue weighted by molar-refractivity contribution is -0.128. The first kappa shape index (κ1) is 15.0. The Balaban J connectivity index is 2.17. The summed E-state index contributed by atoms with van der Waals surface area (Å²) in [5, 5.41) is 3.34. The van der Waals surface area contributed by atoms with Gasteiger partial charge in [0.25, 0.3) is 0 Å². The summed E-state index contributed by atoms with van der Waals surface area (Å²) in [6.45, 7) is 9.45. The van der Waals surface area contributed by atoms with Crippen LogP contribution in [0.4, 0.5) is 0 Å². The molecule has 1 fully saturated rings. The van der Waals surface area contributed by atoms with Gasteiger partial charge in [-0.3, -0.25) is 10.1 Å². The van der Waals surface area contributed by atoms with Gasteiger partial charge in [-0.15, -0.1) is 0 Å². The van der Waals surface area contributed by atoms with E-state index in [1.165, 1.54) is 16.7 Å². The Labute approximate surface area is 121 Å². The summed E-state index contributed by atoms with van der Waals surface area (Å²) in [5.74, 6) is 0.195. The molecular weight excluding hydrogens is 250 g/mol. The van der Waals surface area contributed by atoms with Crippen LogP contribution in [0.5, 0.6) is 0 Å². The van der Waals surface area contributed by atoms with Crippen molar-refractivity contribution in [3.8, 4) is 0 Å². The third-order valence-electron chi connectivity index (χ3n) is 4.07. The molecule has 0 spiro atoms. The van der Waals surface area contributed by atoms with E-state index in [9.17, 15) is 4.79 Å². The van der Waals surface area contributed by atoms with E-state index < -0.39 is 0 Å². The Hall–Kier alpha value is -1.39. The number of nitrogens with one attached hydrogen (secondary N) is 1. The molecule has 1 aromatic rings. The monoisotopic (exact) mass is 275 g/mol. The van der Waals surface area contributed by atoms with Crippen molar-refractivity contribution in [2.75, 3.05) is 33.2 Å². The lowest BCUT2D eigenvalue weighted by Gasteiger charge is -2.28. The normalized spacial score (nSPS) is 19.1. The smallest absolute Gasteiger partial charge is 0.238 e. The van der Waals surface area contributed by atoms with Crippen molar-refractivity contribution in [3.05, 3.63) is 34.9 Å². The quantitative estimate of drug-likeness (QED) is 0.888. The van der Waals surface area contributed by atoms with Gasteiger partial charge in [-0.05, 0) is 38.6 Å². The molecule has 1 heterocycles. The van der Waals surface area contributed by atoms with Crippen LogP contribution in [0.3, 0.4) is 0 Å². The number of amides is 1. The number of nitrogens with zero attached hydrogens (tertiary/aromatic N) is 2. The van der Waals surface area contributed by atoms with Crippen LogP contribution in [0.2, 0.25) is 0 Å². The van der Waals surface area contributed by atoms with Gasteiger partial charge in [0.05, 0.1) is 6.54 Å². The van der Waals surface area contributed by atoms with E-state index in [0.717, 1.165) is 19.6 Å². The molecule has 4 nitrogen and oxygen atoms in total. The van der Waals surface area contributed by atoms with Gasteiger partial charge in [0.15, 0.2) is 0 Å². The second-order valence-electron chi connectivity index (χ2n) is 5.63. The third kappa shape index (κ3) is 3.19. The molecule has 1 aliphatic rings. The third-order valence-corrected chi connectivity index (χ3v) is 4.07. The van der Waals surface area contributed by atoms with Gasteiger partial charge in [-0.25, -0.2) is 0 Å². The number of aryl methyl sites for hydroxylation is 2. The zero-order chi connectivity index (χ0) is 14.7. The fraction of sp³-hybridized carbons (Fsp3) is 0.562. The fourth-order valence-electron chi connectivity index (χ4n) is 2.56. The number of carbonyl (C=O) groups excluding carboxylic acids is 1. The van der Waals surface area contributed by atoms with Crippen LogP contribution in [0.1, 0.15) is 29.8 Å². The van der Waals surface area contributed by atoms with Crippen LogP contribution in [0.25, 0.3) is 0 Å². The number of carbonyl (C=O) groups is 1. The van der Waals surface area contributed by atoms with E-state index in [0.29, 0.717) is 6.54 Å². The van der Waals surface area contributed by atoms with E-state index in [1.807, 2.05) is 4.90 Å². The van der Waals surface area contributed by atoms with E-state index in [-0.39, 0.29) is 12.1 Å². The average Bonchev–Trinajstić information content (AvgIpc) is 2.80. The van der Waals surface area contributed by atoms with Crippen molar-refractivity contribution in [2.45, 2.75) is 26.9 Å². The molecule has 110 valence electrons. The molecule has 1 amide bonds. The molecule has 2 rings (SSSR count). The number of likely N-dealkylation sites (N-methyl/N-ethyl adjacent to an activating group) is 1. The Morgan fingerprint density at radius 3 is 2.85 bits per heavy atom. The molecule has 0 aromatic heterocycles. The molecule has 0 radical (unpaired) electrons. The number of rotatable bonds is 5. The van der Waals surface area contributed by atoms with Crippen molar-refractivity contribution in [1.29, 1.82) is 0 Å². The largest absolute Gasteiger partial charge is 0.321 e. The minimum atomic E-state index is 0.0210. The molecule has 4 heteroatoms. The van der Waals surface area contributed by atoms with Crippen molar-refractivity contribution in [1.82, 2.24) is 15.1 Å². The summed E-state index contributed by atoms with van der Waals surface area (Å²) < 4.78 is 0. The van der Waals surface area contributed by atoms with E-state index in [2.05, 4.69) is 56.2 Å². The van der Waals surface area contributed by atoms with Crippen LogP contribution >= 0.6 is 0 Å². The van der Waals surface area contributed by atoms with Crippen LogP contribution in [0, 0.1) is 13.8 Å². The number of benzene rings is 1. The molecular formula is C16H25N3O. The number of hydrogen-bond acceptors (Lipinski definition) is 3. The van der Waals surface area contributed by atoms with Crippen LogP contribution in [-0.4, -0.2) is 48.9 Å². The molecule has 1 aliphatic heterocycles. The molecule has 1 unspecified atom stereocenters. The summed E-state index contributed by atoms with van der Waals surface area (Å²) in [7, 11) is 2.08. The zero-order valence-corrected chi connectivity index (χ0v) is 12.9. The van der Waals surface area contributed by atoms with Crippen LogP contribution < -0.4 is 5.32 Å². The minimum absolute atomic E-state index is 0.0210. The SMILES string of the molecule is CCN(C)CCN1C(=O)CNC1c1cc(C)ccc1C. The molecule has 1 saturated heterocycles. The van der Waals surface area contributed by atoms with E-state index in [4.69, 9.17) is 0 Å². The van der Waals surface area contributed by atoms with E-state index in [1.54, 1.807) is 0 Å². The Morgan fingerprint density at radius 2 is 2.15 bits per heavy atom. The maximum atomic E-state index is 12.1. The van der Waals surface area contributed by atoms with Crippen LogP contribution in [-0.2, 0) is 4.79 Å². The predicted molar refractivity (Wildman–Crippen MR) is 81.5 cm³/mol. The maximum absolute atomic E-state index is 12.1. The Kier molecular flexibility index (Phi) is 4.78. The summed E-state index contributed by atoms with van der Waals surface area (Å²) in [4.78, 5) is 16.3. The van der Waals surface area contributed by atoms with Crippen molar-refractivity contribution < 1.29 is 4.79 Å². The number of hydrogen-bond donors (Lipinski definition) is 1. The topological polar surface area (TPSA) is 35.6 Å². The highest BCUT2D eigenvalue weighted by molar-refractivity contribution is 5.81. The Bertz CT molecular complexity index is 487. The first-order valence-corrected chi connectivity index (χ1v) is 7.31. The van der Waals surface area contributed by atoms with Gasteiger partial charge >= 0.3 is 0 Å². The Morgan fingerprint density at radius 1 is 1.40 bits per heavy atom. The summed E-state index contributed by atoms with van der Waals surface area (Å²) >= 11 is 0. The highest BCUT2D eigenvalue weighted by atomic mass is 16.2. The molecule has 1 N–H and O–H groups in total. The van der Waals surface area contributed by atoms with Gasteiger partial charge in [-0.2, -0.15) is 0 Å². The molecule has 1 atom stereocenters. The van der Waals surface area contributed by atoms with E-state index >= 15 is 0 Å². The van der Waals surface area contributed by atoms with Gasteiger partial charge in [-0.1, -0.05) is 30.7 Å². The molecule has 0 bridgehead atoms. The van der Waals surface area contributed by atoms with Crippen molar-refractivity contribution >= 4 is 5.91 Å². The standard InChI is InChI=1S/C16H25N3O/c1-5-18(4)8-9-19-15(20)11-17-16(19)14-10-12(2)6-7-13(14)3/h6-7,10,16-17H,5,8-9,11H2,1-4H3. The highest BCUT2D eigenvalue weighted by Gasteiger charge is 2.32. The lowest BCUT2D eigenvalue weighted by Crippen LogP contribution is -2.37. The highest BCUT2D eigenvalue weighted by Crippen LogP contribution is 2.25. The molecule has 0 aliphatic carbocycles. The second kappa shape index (κ2) is 6.37. The predicted octanol–water partition coefficient (Wildman–Crippen LogP) is 1.69. The van der Waals surface area contributed by atoms with Crippen LogP contribution in [0.15, 0.2) is 18.2 Å². The summed E-state index contributed by atoms with van der Waals surface area (Å²) in [6.07, 6.45) is 0.0210. The van der Waals surface area contributed by atoms with Gasteiger partial charge in [0.1, 0.15) is 6.17 Å². The summed E-state index contributed by atoms with van der Waals surface area (Å²) in [5.41, 5.74) is 3.68. The fourth-order valence-corrected chi connectivity index (χ4v) is 2.56. The second-order valence-corrected chi connectivity index (χ2v) is 5.63. The lowest BCUT2D eigenvalue weighted by atomic mass is 10.0. The molecule has 20 heavy (non-hydrogen) atoms. The van der Waals surface area contributed by atoms with Crippen molar-refractivity contribution in [2.24, 2.45) is 0 Å². The average molecular weight is 275 g/mol. The minimum Gasteiger partial charge on any atom is -0.321 e. The van der Waals surface area contributed by atoms with Gasteiger partial charge in [0.2, 0.25) is 5.91 Å². The molecule has 1 aromatic carbocycles. The first-order valence-electron chi connectivity index (χ1n) is 7.31. The summed E-state index contributed by atoms with van der Waals surface area (Å²) in [6, 6.07) is 6.43.